The maximum Gasteiger partial charge on any atom is 0.259 e. The molecule has 0 atom stereocenters. The molecule has 6 heteroatoms. The van der Waals surface area contributed by atoms with Gasteiger partial charge in [0.05, 0.1) is 12.0 Å². The molecular formula is C18H24N2O2S2. The van der Waals surface area contributed by atoms with Gasteiger partial charge in [-0.25, -0.2) is 0 Å². The Bertz CT molecular complexity index is 662. The molecule has 0 aromatic heterocycles. The van der Waals surface area contributed by atoms with Crippen molar-refractivity contribution < 1.29 is 9.90 Å². The molecule has 1 aliphatic heterocycles. The molecule has 1 saturated heterocycles. The van der Waals surface area contributed by atoms with Crippen LogP contribution < -0.4 is 0 Å². The molecule has 0 saturated carbocycles. The van der Waals surface area contributed by atoms with Gasteiger partial charge in [-0.3, -0.25) is 4.79 Å². The topological polar surface area (TPSA) is 52.9 Å². The van der Waals surface area contributed by atoms with Crippen LogP contribution in [-0.2, 0) is 15.6 Å². The molecule has 0 spiro atoms. The fourth-order valence-corrected chi connectivity index (χ4v) is 3.42. The highest BCUT2D eigenvalue weighted by Crippen LogP contribution is 2.39. The average molecular weight is 365 g/mol. The molecular weight excluding hydrogens is 340 g/mol. The zero-order chi connectivity index (χ0) is 18.3. The van der Waals surface area contributed by atoms with Crippen LogP contribution in [0.25, 0.3) is 0 Å². The molecule has 1 N–H and O–H groups in total. The summed E-state index contributed by atoms with van der Waals surface area (Å²) >= 11 is 6.46. The summed E-state index contributed by atoms with van der Waals surface area (Å²) in [6.07, 6.45) is 1.64. The number of phenols is 1. The van der Waals surface area contributed by atoms with Crippen LogP contribution in [0.1, 0.15) is 58.2 Å². The number of aromatic hydroxyl groups is 1. The molecule has 1 fully saturated rings. The average Bonchev–Trinajstić information content (AvgIpc) is 2.74. The molecule has 4 nitrogen and oxygen atoms in total. The van der Waals surface area contributed by atoms with E-state index in [1.54, 1.807) is 6.21 Å². The van der Waals surface area contributed by atoms with Crippen molar-refractivity contribution in [2.45, 2.75) is 52.4 Å². The minimum absolute atomic E-state index is 0.105. The molecule has 1 heterocycles. The van der Waals surface area contributed by atoms with Gasteiger partial charge in [0, 0.05) is 11.1 Å². The first-order valence-electron chi connectivity index (χ1n) is 7.83. The summed E-state index contributed by atoms with van der Waals surface area (Å²) in [7, 11) is 0. The smallest absolute Gasteiger partial charge is 0.259 e. The minimum atomic E-state index is -0.206. The molecule has 1 aromatic carbocycles. The first-order chi connectivity index (χ1) is 10.9. The van der Waals surface area contributed by atoms with Crippen LogP contribution >= 0.6 is 24.0 Å². The summed E-state index contributed by atoms with van der Waals surface area (Å²) in [6.45, 7) is 12.4. The summed E-state index contributed by atoms with van der Waals surface area (Å²) in [5.41, 5.74) is 2.16. The van der Waals surface area contributed by atoms with Gasteiger partial charge >= 0.3 is 0 Å². The highest BCUT2D eigenvalue weighted by molar-refractivity contribution is 8.23. The van der Waals surface area contributed by atoms with Crippen LogP contribution in [0.5, 0.6) is 5.75 Å². The van der Waals surface area contributed by atoms with E-state index in [0.717, 1.165) is 16.7 Å². The largest absolute Gasteiger partial charge is 0.507 e. The van der Waals surface area contributed by atoms with Crippen molar-refractivity contribution in [2.75, 3.05) is 5.75 Å². The predicted octanol–water partition coefficient (Wildman–Crippen LogP) is 4.18. The van der Waals surface area contributed by atoms with Crippen LogP contribution in [0.15, 0.2) is 17.2 Å². The minimum Gasteiger partial charge on any atom is -0.507 e. The molecule has 0 bridgehead atoms. The number of hydrogen-bond acceptors (Lipinski definition) is 5. The van der Waals surface area contributed by atoms with Crippen molar-refractivity contribution in [1.82, 2.24) is 5.01 Å². The third-order valence-electron chi connectivity index (χ3n) is 3.80. The van der Waals surface area contributed by atoms with E-state index in [9.17, 15) is 9.90 Å². The summed E-state index contributed by atoms with van der Waals surface area (Å²) < 4.78 is 0.474. The highest BCUT2D eigenvalue weighted by Gasteiger charge is 2.28. The number of benzene rings is 1. The van der Waals surface area contributed by atoms with Gasteiger partial charge in [0.15, 0.2) is 4.32 Å². The molecule has 2 rings (SSSR count). The fourth-order valence-electron chi connectivity index (χ4n) is 2.46. The van der Waals surface area contributed by atoms with Crippen LogP contribution in [0, 0.1) is 0 Å². The zero-order valence-corrected chi connectivity index (χ0v) is 16.6. The van der Waals surface area contributed by atoms with E-state index >= 15 is 0 Å². The van der Waals surface area contributed by atoms with Crippen molar-refractivity contribution in [3.05, 3.63) is 28.8 Å². The predicted molar refractivity (Wildman–Crippen MR) is 105 cm³/mol. The Hall–Kier alpha value is -1.40. The number of thioether (sulfide) groups is 1. The van der Waals surface area contributed by atoms with E-state index in [2.05, 4.69) is 46.6 Å². The molecule has 130 valence electrons. The molecule has 0 unspecified atom stereocenters. The van der Waals surface area contributed by atoms with Gasteiger partial charge in [-0.05, 0) is 28.5 Å². The maximum atomic E-state index is 11.8. The van der Waals surface area contributed by atoms with Gasteiger partial charge in [-0.15, -0.1) is 0 Å². The number of amides is 1. The molecule has 1 amide bonds. The van der Waals surface area contributed by atoms with E-state index < -0.39 is 0 Å². The lowest BCUT2D eigenvalue weighted by Crippen LogP contribution is -2.22. The fraction of sp³-hybridized carbons (Fsp3) is 0.500. The number of hydrazone groups is 1. The number of thiocarbonyl (C=S) groups is 1. The lowest BCUT2D eigenvalue weighted by molar-refractivity contribution is -0.123. The number of carbonyl (C=O) groups excluding carboxylic acids is 1. The first kappa shape index (κ1) is 18.9. The second kappa shape index (κ2) is 6.48. The standard InChI is InChI=1S/C18H24N2O2S2/c1-17(2,3)12-7-11(8-13(15(12)22)18(4,5)6)9-19-20-14(21)10-24-16(20)23/h7-9,22H,10H2,1-6H3/b19-9-. The second-order valence-corrected chi connectivity index (χ2v) is 9.58. The third-order valence-corrected chi connectivity index (χ3v) is 5.14. The molecule has 0 aliphatic carbocycles. The first-order valence-corrected chi connectivity index (χ1v) is 9.22. The molecule has 1 aliphatic rings. The summed E-state index contributed by atoms with van der Waals surface area (Å²) in [5, 5.41) is 16.2. The van der Waals surface area contributed by atoms with Crippen LogP contribution in [0.2, 0.25) is 0 Å². The Morgan fingerprint density at radius 2 is 1.67 bits per heavy atom. The Labute approximate surface area is 153 Å². The number of carbonyl (C=O) groups is 1. The SMILES string of the molecule is CC(C)(C)c1cc(/C=N\N2C(=O)CSC2=S)cc(C(C)(C)C)c1O. The van der Waals surface area contributed by atoms with Crippen molar-refractivity contribution in [3.63, 3.8) is 0 Å². The van der Waals surface area contributed by atoms with E-state index in [1.807, 2.05) is 12.1 Å². The van der Waals surface area contributed by atoms with Gasteiger partial charge in [0.1, 0.15) is 5.75 Å². The normalized spacial score (nSPS) is 16.5. The summed E-state index contributed by atoms with van der Waals surface area (Å²) in [6, 6.07) is 3.84. The van der Waals surface area contributed by atoms with E-state index in [1.165, 1.54) is 16.8 Å². The Kier molecular flexibility index (Phi) is 5.11. The number of phenolic OH excluding ortho intramolecular Hbond substituents is 1. The lowest BCUT2D eigenvalue weighted by Gasteiger charge is -2.27. The zero-order valence-electron chi connectivity index (χ0n) is 15.0. The van der Waals surface area contributed by atoms with Gasteiger partial charge in [-0.1, -0.05) is 65.5 Å². The number of nitrogens with zero attached hydrogens (tertiary/aromatic N) is 2. The van der Waals surface area contributed by atoms with E-state index in [-0.39, 0.29) is 16.7 Å². The van der Waals surface area contributed by atoms with E-state index in [0.29, 0.717) is 15.8 Å². The molecule has 0 radical (unpaired) electrons. The van der Waals surface area contributed by atoms with Gasteiger partial charge < -0.3 is 5.11 Å². The van der Waals surface area contributed by atoms with Gasteiger partial charge in [-0.2, -0.15) is 10.1 Å². The van der Waals surface area contributed by atoms with Crippen LogP contribution in [0.4, 0.5) is 0 Å². The lowest BCUT2D eigenvalue weighted by atomic mass is 9.78. The maximum absolute atomic E-state index is 11.8. The Morgan fingerprint density at radius 3 is 2.04 bits per heavy atom. The monoisotopic (exact) mass is 364 g/mol. The Morgan fingerprint density at radius 1 is 1.17 bits per heavy atom. The van der Waals surface area contributed by atoms with Crippen molar-refractivity contribution >= 4 is 40.4 Å². The summed E-state index contributed by atoms with van der Waals surface area (Å²) in [4.78, 5) is 11.8. The van der Waals surface area contributed by atoms with Gasteiger partial charge in [0.25, 0.3) is 5.91 Å². The van der Waals surface area contributed by atoms with Crippen molar-refractivity contribution in [3.8, 4) is 5.75 Å². The number of rotatable bonds is 2. The van der Waals surface area contributed by atoms with Crippen molar-refractivity contribution in [1.29, 1.82) is 0 Å². The second-order valence-electron chi connectivity index (χ2n) is 7.97. The quantitative estimate of drug-likeness (QED) is 0.632. The summed E-state index contributed by atoms with van der Waals surface area (Å²) in [5.74, 6) is 0.564. The van der Waals surface area contributed by atoms with Crippen molar-refractivity contribution in [2.24, 2.45) is 5.10 Å². The van der Waals surface area contributed by atoms with E-state index in [4.69, 9.17) is 12.2 Å². The highest BCUT2D eigenvalue weighted by atomic mass is 32.2. The van der Waals surface area contributed by atoms with Gasteiger partial charge in [0.2, 0.25) is 0 Å². The number of hydrogen-bond donors (Lipinski definition) is 1. The van der Waals surface area contributed by atoms with Crippen LogP contribution in [-0.4, -0.2) is 32.3 Å². The molecule has 24 heavy (non-hydrogen) atoms. The third kappa shape index (κ3) is 3.98. The molecule has 1 aromatic rings. The Balaban J connectivity index is 2.51. The van der Waals surface area contributed by atoms with Crippen LogP contribution in [0.3, 0.4) is 0 Å².